The SMILES string of the molecule is Cc1nn(-c2ccnc(N)n2)c2cc(C#C[C@@]3(O)CCn4ccnc43)ccc12. The van der Waals surface area contributed by atoms with Crippen LogP contribution in [0, 0.1) is 18.8 Å². The first kappa shape index (κ1) is 16.5. The van der Waals surface area contributed by atoms with Gasteiger partial charge in [0.05, 0.1) is 11.2 Å². The van der Waals surface area contributed by atoms with Gasteiger partial charge < -0.3 is 15.4 Å². The molecule has 0 radical (unpaired) electrons. The average Bonchev–Trinajstić information content (AvgIpc) is 3.37. The smallest absolute Gasteiger partial charge is 0.221 e. The number of nitrogens with zero attached hydrogens (tertiary/aromatic N) is 6. The molecule has 5 rings (SSSR count). The number of hydrogen-bond donors (Lipinski definition) is 2. The van der Waals surface area contributed by atoms with E-state index in [1.165, 1.54) is 0 Å². The molecule has 3 aromatic heterocycles. The van der Waals surface area contributed by atoms with Gasteiger partial charge in [0.1, 0.15) is 0 Å². The third kappa shape index (κ3) is 2.52. The van der Waals surface area contributed by atoms with E-state index in [0.29, 0.717) is 24.6 Å². The molecule has 0 amide bonds. The highest BCUT2D eigenvalue weighted by atomic mass is 16.3. The van der Waals surface area contributed by atoms with E-state index in [9.17, 15) is 5.11 Å². The highest BCUT2D eigenvalue weighted by Gasteiger charge is 2.36. The molecule has 1 aromatic carbocycles. The largest absolute Gasteiger partial charge is 0.371 e. The van der Waals surface area contributed by atoms with Gasteiger partial charge in [0, 0.05) is 48.6 Å². The fraction of sp³-hybridized carbons (Fsp3) is 0.200. The molecule has 0 fully saturated rings. The molecule has 1 aliphatic heterocycles. The monoisotopic (exact) mass is 371 g/mol. The normalized spacial score (nSPS) is 18.1. The molecule has 1 aliphatic rings. The predicted octanol–water partition coefficient (Wildman–Crippen LogP) is 1.55. The minimum absolute atomic E-state index is 0.189. The van der Waals surface area contributed by atoms with Gasteiger partial charge in [-0.2, -0.15) is 10.1 Å². The van der Waals surface area contributed by atoms with Gasteiger partial charge in [-0.3, -0.25) is 0 Å². The lowest BCUT2D eigenvalue weighted by Crippen LogP contribution is -2.20. The summed E-state index contributed by atoms with van der Waals surface area (Å²) >= 11 is 0. The molecule has 3 N–H and O–H groups in total. The Morgan fingerprint density at radius 2 is 2.11 bits per heavy atom. The first-order valence-corrected chi connectivity index (χ1v) is 8.89. The molecule has 138 valence electrons. The number of anilines is 1. The Labute approximate surface area is 160 Å². The lowest BCUT2D eigenvalue weighted by Gasteiger charge is -2.12. The molecule has 4 aromatic rings. The molecule has 0 bridgehead atoms. The minimum Gasteiger partial charge on any atom is -0.371 e. The number of aryl methyl sites for hydroxylation is 2. The van der Waals surface area contributed by atoms with Crippen molar-refractivity contribution >= 4 is 16.9 Å². The lowest BCUT2D eigenvalue weighted by atomic mass is 10.0. The van der Waals surface area contributed by atoms with Crippen LogP contribution in [-0.2, 0) is 12.1 Å². The fourth-order valence-electron chi connectivity index (χ4n) is 3.55. The van der Waals surface area contributed by atoms with Gasteiger partial charge in [-0.15, -0.1) is 0 Å². The number of fused-ring (bicyclic) bond motifs is 2. The maximum Gasteiger partial charge on any atom is 0.221 e. The molecule has 0 saturated carbocycles. The number of nitrogen functional groups attached to an aromatic ring is 1. The number of aromatic nitrogens is 6. The maximum atomic E-state index is 10.9. The lowest BCUT2D eigenvalue weighted by molar-refractivity contribution is 0.0980. The molecule has 0 saturated heterocycles. The second-order valence-corrected chi connectivity index (χ2v) is 6.81. The predicted molar refractivity (Wildman–Crippen MR) is 103 cm³/mol. The third-order valence-electron chi connectivity index (χ3n) is 4.96. The first-order chi connectivity index (χ1) is 13.5. The van der Waals surface area contributed by atoms with Crippen molar-refractivity contribution in [1.82, 2.24) is 29.3 Å². The topological polar surface area (TPSA) is 108 Å². The van der Waals surface area contributed by atoms with E-state index in [4.69, 9.17) is 5.73 Å². The fourth-order valence-corrected chi connectivity index (χ4v) is 3.55. The zero-order valence-electron chi connectivity index (χ0n) is 15.2. The van der Waals surface area contributed by atoms with Gasteiger partial charge in [-0.05, 0) is 25.1 Å². The van der Waals surface area contributed by atoms with Gasteiger partial charge in [0.15, 0.2) is 17.2 Å². The second kappa shape index (κ2) is 5.90. The molecule has 28 heavy (non-hydrogen) atoms. The van der Waals surface area contributed by atoms with Crippen LogP contribution in [-0.4, -0.2) is 34.4 Å². The van der Waals surface area contributed by atoms with Crippen molar-refractivity contribution in [1.29, 1.82) is 0 Å². The molecule has 8 heteroatoms. The highest BCUT2D eigenvalue weighted by Crippen LogP contribution is 2.30. The molecular weight excluding hydrogens is 354 g/mol. The van der Waals surface area contributed by atoms with Gasteiger partial charge in [0.25, 0.3) is 0 Å². The Balaban J connectivity index is 1.59. The first-order valence-electron chi connectivity index (χ1n) is 8.89. The Kier molecular flexibility index (Phi) is 3.47. The van der Waals surface area contributed by atoms with E-state index in [1.807, 2.05) is 35.9 Å². The Bertz CT molecular complexity index is 1280. The van der Waals surface area contributed by atoms with Crippen LogP contribution in [0.1, 0.15) is 23.5 Å². The highest BCUT2D eigenvalue weighted by molar-refractivity contribution is 5.84. The second-order valence-electron chi connectivity index (χ2n) is 6.81. The summed E-state index contributed by atoms with van der Waals surface area (Å²) in [7, 11) is 0. The molecule has 0 spiro atoms. The zero-order valence-corrected chi connectivity index (χ0v) is 15.2. The summed E-state index contributed by atoms with van der Waals surface area (Å²) in [5.41, 5.74) is 7.00. The zero-order chi connectivity index (χ0) is 19.3. The Morgan fingerprint density at radius 3 is 2.96 bits per heavy atom. The van der Waals surface area contributed by atoms with Gasteiger partial charge in [-0.25, -0.2) is 14.6 Å². The van der Waals surface area contributed by atoms with Crippen LogP contribution in [0.4, 0.5) is 5.95 Å². The van der Waals surface area contributed by atoms with Crippen LogP contribution >= 0.6 is 0 Å². The quantitative estimate of drug-likeness (QED) is 0.492. The number of imidazole rings is 1. The summed E-state index contributed by atoms with van der Waals surface area (Å²) in [4.78, 5) is 12.4. The van der Waals surface area contributed by atoms with Crippen molar-refractivity contribution < 1.29 is 5.11 Å². The molecule has 4 heterocycles. The maximum absolute atomic E-state index is 10.9. The third-order valence-corrected chi connectivity index (χ3v) is 4.96. The van der Waals surface area contributed by atoms with Gasteiger partial charge in [0.2, 0.25) is 5.95 Å². The van der Waals surface area contributed by atoms with E-state index in [-0.39, 0.29) is 5.95 Å². The van der Waals surface area contributed by atoms with Gasteiger partial charge >= 0.3 is 0 Å². The summed E-state index contributed by atoms with van der Waals surface area (Å²) in [6.45, 7) is 2.65. The van der Waals surface area contributed by atoms with Crippen LogP contribution in [0.15, 0.2) is 42.9 Å². The van der Waals surface area contributed by atoms with Crippen molar-refractivity contribution in [2.45, 2.75) is 25.5 Å². The summed E-state index contributed by atoms with van der Waals surface area (Å²) in [5.74, 6) is 7.48. The number of hydrogen-bond acceptors (Lipinski definition) is 6. The summed E-state index contributed by atoms with van der Waals surface area (Å²) in [6.07, 6.45) is 5.67. The number of benzene rings is 1. The standard InChI is InChI=1S/C20H17N7O/c1-13-15-3-2-14(4-6-20(28)7-10-26-11-9-22-18(20)26)12-16(15)27(25-13)17-5-8-23-19(21)24-17/h2-3,5,8-9,11-12,28H,7,10H2,1H3,(H2,21,23,24)/t20-/m1/s1. The van der Waals surface area contributed by atoms with E-state index >= 15 is 0 Å². The van der Waals surface area contributed by atoms with Crippen molar-refractivity contribution in [2.75, 3.05) is 5.73 Å². The van der Waals surface area contributed by atoms with E-state index in [1.54, 1.807) is 23.1 Å². The Morgan fingerprint density at radius 1 is 1.21 bits per heavy atom. The number of nitrogens with two attached hydrogens (primary N) is 1. The van der Waals surface area contributed by atoms with Crippen molar-refractivity contribution in [2.24, 2.45) is 0 Å². The molecule has 8 nitrogen and oxygen atoms in total. The summed E-state index contributed by atoms with van der Waals surface area (Å²) in [5, 5.41) is 16.4. The van der Waals surface area contributed by atoms with Crippen molar-refractivity contribution in [3.8, 4) is 17.7 Å². The molecule has 0 aliphatic carbocycles. The molecular formula is C20H17N7O. The van der Waals surface area contributed by atoms with Crippen molar-refractivity contribution in [3.05, 3.63) is 59.9 Å². The number of aliphatic hydroxyl groups is 1. The van der Waals surface area contributed by atoms with Crippen LogP contribution in [0.3, 0.4) is 0 Å². The minimum atomic E-state index is -1.23. The van der Waals surface area contributed by atoms with E-state index < -0.39 is 5.60 Å². The van der Waals surface area contributed by atoms with Crippen LogP contribution < -0.4 is 5.73 Å². The molecule has 0 unspecified atom stereocenters. The summed E-state index contributed by atoms with van der Waals surface area (Å²) in [6, 6.07) is 7.59. The van der Waals surface area contributed by atoms with Crippen LogP contribution in [0.5, 0.6) is 0 Å². The van der Waals surface area contributed by atoms with Gasteiger partial charge in [-0.1, -0.05) is 11.8 Å². The Hall–Kier alpha value is -3.70. The van der Waals surface area contributed by atoms with Crippen molar-refractivity contribution in [3.63, 3.8) is 0 Å². The van der Waals surface area contributed by atoms with Crippen LogP contribution in [0.2, 0.25) is 0 Å². The average molecular weight is 371 g/mol. The van der Waals surface area contributed by atoms with E-state index in [2.05, 4.69) is 31.9 Å². The molecule has 1 atom stereocenters. The van der Waals surface area contributed by atoms with E-state index in [0.717, 1.165) is 22.2 Å². The van der Waals surface area contributed by atoms with Crippen LogP contribution in [0.25, 0.3) is 16.7 Å². The number of rotatable bonds is 1. The summed E-state index contributed by atoms with van der Waals surface area (Å²) < 4.78 is 3.65.